The fourth-order valence-electron chi connectivity index (χ4n) is 7.26. The van der Waals surface area contributed by atoms with E-state index in [1.807, 2.05) is 54.7 Å². The molecule has 6 heteroatoms. The van der Waals surface area contributed by atoms with Crippen LogP contribution in [-0.4, -0.2) is 37.2 Å². The van der Waals surface area contributed by atoms with E-state index < -0.39 is 6.10 Å². The monoisotopic (exact) mass is 941 g/mol. The van der Waals surface area contributed by atoms with Gasteiger partial charge < -0.3 is 14.2 Å². The number of carbonyl (C=O) groups is 3. The van der Waals surface area contributed by atoms with E-state index in [-0.39, 0.29) is 37.5 Å². The maximum Gasteiger partial charge on any atom is 0.306 e. The van der Waals surface area contributed by atoms with Crippen molar-refractivity contribution in [2.45, 2.75) is 239 Å². The summed E-state index contributed by atoms with van der Waals surface area (Å²) >= 11 is 0. The van der Waals surface area contributed by atoms with Crippen molar-refractivity contribution >= 4 is 17.9 Å². The summed E-state index contributed by atoms with van der Waals surface area (Å²) in [5, 5.41) is 0. The largest absolute Gasteiger partial charge is 0.462 e. The summed E-state index contributed by atoms with van der Waals surface area (Å²) in [5.74, 6) is -1.03. The van der Waals surface area contributed by atoms with E-state index in [2.05, 4.69) is 87.6 Å². The highest BCUT2D eigenvalue weighted by atomic mass is 16.6. The molecule has 0 rings (SSSR count). The summed E-state index contributed by atoms with van der Waals surface area (Å²) in [6.45, 7) is 6.29. The number of rotatable bonds is 48. The third-order valence-electron chi connectivity index (χ3n) is 11.3. The molecule has 1 unspecified atom stereocenters. The zero-order valence-electron chi connectivity index (χ0n) is 43.8. The SMILES string of the molecule is CC/C=C/C=C/C=C/C=C/C=C/CCCC(=O)OCC(COC(=O)CCCCC/C=C/C/C=C/C/C=C/C/C=C/C/C=C/CC)OC(=O)CCCCCCCCCCCCCCCCCCCC. The Balaban J connectivity index is 4.51. The van der Waals surface area contributed by atoms with E-state index in [0.29, 0.717) is 19.3 Å². The topological polar surface area (TPSA) is 78.9 Å². The van der Waals surface area contributed by atoms with E-state index in [9.17, 15) is 14.4 Å². The van der Waals surface area contributed by atoms with Gasteiger partial charge in [-0.1, -0.05) is 258 Å². The van der Waals surface area contributed by atoms with Crippen molar-refractivity contribution in [1.82, 2.24) is 0 Å². The Morgan fingerprint density at radius 3 is 1.12 bits per heavy atom. The lowest BCUT2D eigenvalue weighted by Crippen LogP contribution is -2.30. The van der Waals surface area contributed by atoms with Gasteiger partial charge in [0.1, 0.15) is 13.2 Å². The van der Waals surface area contributed by atoms with Gasteiger partial charge in [-0.2, -0.15) is 0 Å². The molecule has 0 bridgehead atoms. The van der Waals surface area contributed by atoms with Crippen LogP contribution in [0.4, 0.5) is 0 Å². The fourth-order valence-corrected chi connectivity index (χ4v) is 7.26. The first-order valence-corrected chi connectivity index (χ1v) is 27.6. The number of allylic oxidation sites excluding steroid dienone is 20. The molecule has 0 saturated heterocycles. The molecule has 0 heterocycles. The second-order valence-corrected chi connectivity index (χ2v) is 17.9. The molecule has 0 fully saturated rings. The van der Waals surface area contributed by atoms with Gasteiger partial charge in [0.05, 0.1) is 0 Å². The van der Waals surface area contributed by atoms with Crippen molar-refractivity contribution in [1.29, 1.82) is 0 Å². The smallest absolute Gasteiger partial charge is 0.306 e. The van der Waals surface area contributed by atoms with Gasteiger partial charge >= 0.3 is 17.9 Å². The minimum atomic E-state index is -0.822. The predicted molar refractivity (Wildman–Crippen MR) is 293 cm³/mol. The van der Waals surface area contributed by atoms with Crippen molar-refractivity contribution in [3.05, 3.63) is 122 Å². The second kappa shape index (κ2) is 55.4. The zero-order valence-corrected chi connectivity index (χ0v) is 43.8. The van der Waals surface area contributed by atoms with Gasteiger partial charge in [-0.15, -0.1) is 0 Å². The molecular formula is C62H100O6. The molecule has 0 aromatic heterocycles. The summed E-state index contributed by atoms with van der Waals surface area (Å²) < 4.78 is 16.7. The van der Waals surface area contributed by atoms with Crippen LogP contribution in [0, 0.1) is 0 Å². The Labute approximate surface area is 418 Å². The first-order valence-electron chi connectivity index (χ1n) is 27.6. The second-order valence-electron chi connectivity index (χ2n) is 17.9. The molecule has 384 valence electrons. The Bertz CT molecular complexity index is 1450. The van der Waals surface area contributed by atoms with Crippen LogP contribution in [0.1, 0.15) is 233 Å². The third kappa shape index (κ3) is 52.8. The summed E-state index contributed by atoms with van der Waals surface area (Å²) in [7, 11) is 0. The summed E-state index contributed by atoms with van der Waals surface area (Å²) in [5.41, 5.74) is 0. The molecule has 0 aliphatic heterocycles. The molecule has 1 atom stereocenters. The molecule has 0 saturated carbocycles. The number of carbonyl (C=O) groups excluding carboxylic acids is 3. The van der Waals surface area contributed by atoms with E-state index in [1.165, 1.54) is 96.3 Å². The molecule has 0 aromatic rings. The van der Waals surface area contributed by atoms with Crippen LogP contribution in [0.5, 0.6) is 0 Å². The molecule has 6 nitrogen and oxygen atoms in total. The minimum absolute atomic E-state index is 0.119. The van der Waals surface area contributed by atoms with Crippen molar-refractivity contribution in [2.75, 3.05) is 13.2 Å². The summed E-state index contributed by atoms with van der Waals surface area (Å²) in [6, 6.07) is 0. The molecule has 0 spiro atoms. The normalized spacial score (nSPS) is 13.0. The Morgan fingerprint density at radius 2 is 0.662 bits per heavy atom. The van der Waals surface area contributed by atoms with Gasteiger partial charge in [0, 0.05) is 19.3 Å². The maximum atomic E-state index is 12.8. The van der Waals surface area contributed by atoms with Crippen molar-refractivity contribution in [3.8, 4) is 0 Å². The zero-order chi connectivity index (χ0) is 49.3. The lowest BCUT2D eigenvalue weighted by molar-refractivity contribution is -0.167. The van der Waals surface area contributed by atoms with Crippen molar-refractivity contribution < 1.29 is 28.6 Å². The molecule has 0 aliphatic carbocycles. The molecular weight excluding hydrogens is 841 g/mol. The van der Waals surface area contributed by atoms with Crippen molar-refractivity contribution in [2.24, 2.45) is 0 Å². The third-order valence-corrected chi connectivity index (χ3v) is 11.3. The predicted octanol–water partition coefficient (Wildman–Crippen LogP) is 18.5. The van der Waals surface area contributed by atoms with Gasteiger partial charge in [0.25, 0.3) is 0 Å². The van der Waals surface area contributed by atoms with Crippen LogP contribution in [0.2, 0.25) is 0 Å². The van der Waals surface area contributed by atoms with Gasteiger partial charge in [-0.05, 0) is 77.0 Å². The number of hydrogen-bond acceptors (Lipinski definition) is 6. The van der Waals surface area contributed by atoms with Crippen LogP contribution in [-0.2, 0) is 28.6 Å². The van der Waals surface area contributed by atoms with Gasteiger partial charge in [-0.3, -0.25) is 14.4 Å². The molecule has 0 amide bonds. The summed E-state index contributed by atoms with van der Waals surface area (Å²) in [6.07, 6.45) is 76.3. The Hall–Kier alpha value is -4.19. The average molecular weight is 941 g/mol. The van der Waals surface area contributed by atoms with Crippen LogP contribution in [0.25, 0.3) is 0 Å². The lowest BCUT2D eigenvalue weighted by atomic mass is 10.0. The average Bonchev–Trinajstić information content (AvgIpc) is 3.34. The van der Waals surface area contributed by atoms with E-state index in [1.54, 1.807) is 0 Å². The number of hydrogen-bond donors (Lipinski definition) is 0. The first kappa shape index (κ1) is 63.8. The van der Waals surface area contributed by atoms with Gasteiger partial charge in [-0.25, -0.2) is 0 Å². The fraction of sp³-hybridized carbons (Fsp3) is 0.629. The standard InChI is InChI=1S/C62H100O6/c1-4-7-10-13-16-19-22-25-27-29-31-33-34-37-40-43-46-49-52-55-61(64)67-58-59(57-66-60(63)54-51-48-45-42-39-36-24-21-18-15-12-9-6-3)68-62(65)56-53-50-47-44-41-38-35-32-30-28-26-23-20-17-14-11-8-5-2/h7,9-10,12,15-16,18-19,21,24-25,27,31,33,36-37,39-40,42,45,59H,4-6,8,11,13-14,17,20,22-23,26,28-30,32,34-35,38,41,43-44,46-58H2,1-3H3/b10-7+,12-9+,18-15+,19-16+,24-21+,27-25+,33-31+,39-36+,40-37+,45-42+. The molecule has 0 aromatic carbocycles. The van der Waals surface area contributed by atoms with Crippen LogP contribution < -0.4 is 0 Å². The minimum Gasteiger partial charge on any atom is -0.462 e. The Kier molecular flexibility index (Phi) is 52.0. The number of esters is 3. The number of unbranched alkanes of at least 4 members (excludes halogenated alkanes) is 21. The van der Waals surface area contributed by atoms with Crippen LogP contribution >= 0.6 is 0 Å². The van der Waals surface area contributed by atoms with E-state index in [0.717, 1.165) is 89.9 Å². The summed E-state index contributed by atoms with van der Waals surface area (Å²) in [4.78, 5) is 38.1. The molecule has 0 radical (unpaired) electrons. The van der Waals surface area contributed by atoms with Crippen LogP contribution in [0.3, 0.4) is 0 Å². The maximum absolute atomic E-state index is 12.8. The number of ether oxygens (including phenoxy) is 3. The highest BCUT2D eigenvalue weighted by molar-refractivity contribution is 5.71. The quantitative estimate of drug-likeness (QED) is 0.0199. The Morgan fingerprint density at radius 1 is 0.324 bits per heavy atom. The van der Waals surface area contributed by atoms with Crippen LogP contribution in [0.15, 0.2) is 122 Å². The molecule has 0 N–H and O–H groups in total. The lowest BCUT2D eigenvalue weighted by Gasteiger charge is -2.18. The first-order chi connectivity index (χ1) is 33.5. The van der Waals surface area contributed by atoms with E-state index >= 15 is 0 Å². The van der Waals surface area contributed by atoms with Crippen molar-refractivity contribution in [3.63, 3.8) is 0 Å². The highest BCUT2D eigenvalue weighted by Crippen LogP contribution is 2.15. The highest BCUT2D eigenvalue weighted by Gasteiger charge is 2.19. The molecule has 0 aliphatic rings. The van der Waals surface area contributed by atoms with Gasteiger partial charge in [0.15, 0.2) is 6.10 Å². The van der Waals surface area contributed by atoms with E-state index in [4.69, 9.17) is 14.2 Å². The molecule has 68 heavy (non-hydrogen) atoms. The van der Waals surface area contributed by atoms with Gasteiger partial charge in [0.2, 0.25) is 0 Å².